The Balaban J connectivity index is 2.32. The van der Waals surface area contributed by atoms with Gasteiger partial charge >= 0.3 is 0 Å². The lowest BCUT2D eigenvalue weighted by atomic mass is 9.97. The topological polar surface area (TPSA) is 45.8 Å². The molecular weight excluding hydrogens is 255 g/mol. The van der Waals surface area contributed by atoms with E-state index in [2.05, 4.69) is 0 Å². The fraction of sp³-hybridized carbons (Fsp3) is 0.250. The summed E-state index contributed by atoms with van der Waals surface area (Å²) >= 11 is 0. The third-order valence-electron chi connectivity index (χ3n) is 3.62. The van der Waals surface area contributed by atoms with Crippen molar-refractivity contribution in [1.29, 1.82) is 5.26 Å². The van der Waals surface area contributed by atoms with Gasteiger partial charge in [-0.25, -0.2) is 4.39 Å². The highest BCUT2D eigenvalue weighted by Crippen LogP contribution is 2.35. The van der Waals surface area contributed by atoms with Gasteiger partial charge in [-0.1, -0.05) is 18.2 Å². The molecule has 0 unspecified atom stereocenters. The highest BCUT2D eigenvalue weighted by molar-refractivity contribution is 5.73. The van der Waals surface area contributed by atoms with E-state index in [-0.39, 0.29) is 17.2 Å². The fourth-order valence-corrected chi connectivity index (χ4v) is 2.50. The van der Waals surface area contributed by atoms with E-state index < -0.39 is 5.82 Å². The molecule has 1 aromatic heterocycles. The lowest BCUT2D eigenvalue weighted by Gasteiger charge is -2.13. The van der Waals surface area contributed by atoms with Crippen molar-refractivity contribution < 1.29 is 4.39 Å². The number of hydrogen-bond donors (Lipinski definition) is 0. The Morgan fingerprint density at radius 2 is 2.05 bits per heavy atom. The first-order chi connectivity index (χ1) is 9.63. The van der Waals surface area contributed by atoms with E-state index in [1.54, 1.807) is 35.9 Å². The molecule has 3 nitrogen and oxygen atoms in total. The second-order valence-electron chi connectivity index (χ2n) is 5.10. The van der Waals surface area contributed by atoms with Gasteiger partial charge in [-0.3, -0.25) is 4.79 Å². The van der Waals surface area contributed by atoms with Crippen LogP contribution in [0.4, 0.5) is 4.39 Å². The van der Waals surface area contributed by atoms with E-state index in [4.69, 9.17) is 0 Å². The van der Waals surface area contributed by atoms with Crippen LogP contribution in [0.1, 0.15) is 30.0 Å². The number of aryl methyl sites for hydroxylation is 1. The summed E-state index contributed by atoms with van der Waals surface area (Å²) in [6.07, 6.45) is 3.66. The third kappa shape index (κ3) is 1.92. The molecule has 1 heterocycles. The average molecular weight is 268 g/mol. The molecule has 3 rings (SSSR count). The zero-order valence-corrected chi connectivity index (χ0v) is 11.1. The number of nitrogens with zero attached hydrogens (tertiary/aromatic N) is 2. The van der Waals surface area contributed by atoms with Gasteiger partial charge in [0, 0.05) is 23.4 Å². The number of aromatic nitrogens is 1. The Hall–Kier alpha value is -2.41. The van der Waals surface area contributed by atoms with Crippen LogP contribution in [0.5, 0.6) is 0 Å². The van der Waals surface area contributed by atoms with Crippen molar-refractivity contribution in [3.8, 4) is 17.2 Å². The highest BCUT2D eigenvalue weighted by Gasteiger charge is 2.27. The van der Waals surface area contributed by atoms with Crippen molar-refractivity contribution >= 4 is 0 Å². The van der Waals surface area contributed by atoms with E-state index in [1.165, 1.54) is 6.07 Å². The van der Waals surface area contributed by atoms with Crippen molar-refractivity contribution in [2.75, 3.05) is 0 Å². The largest absolute Gasteiger partial charge is 0.311 e. The fourth-order valence-electron chi connectivity index (χ4n) is 2.50. The van der Waals surface area contributed by atoms with E-state index in [0.29, 0.717) is 11.1 Å². The summed E-state index contributed by atoms with van der Waals surface area (Å²) in [5.41, 5.74) is 1.17. The smallest absolute Gasteiger partial charge is 0.269 e. The van der Waals surface area contributed by atoms with Gasteiger partial charge in [-0.05, 0) is 31.4 Å². The summed E-state index contributed by atoms with van der Waals surface area (Å²) in [4.78, 5) is 12.4. The van der Waals surface area contributed by atoms with E-state index >= 15 is 0 Å². The zero-order valence-electron chi connectivity index (χ0n) is 11.1. The molecule has 1 aliphatic rings. The normalized spacial score (nSPS) is 14.1. The van der Waals surface area contributed by atoms with Crippen molar-refractivity contribution in [1.82, 2.24) is 4.57 Å². The van der Waals surface area contributed by atoms with E-state index in [1.807, 2.05) is 6.07 Å². The van der Waals surface area contributed by atoms with Crippen LogP contribution >= 0.6 is 0 Å². The molecule has 4 heteroatoms. The molecule has 0 bridgehead atoms. The molecule has 0 spiro atoms. The molecule has 0 amide bonds. The molecule has 1 fully saturated rings. The van der Waals surface area contributed by atoms with Crippen LogP contribution in [0, 0.1) is 24.1 Å². The third-order valence-corrected chi connectivity index (χ3v) is 3.62. The van der Waals surface area contributed by atoms with E-state index in [9.17, 15) is 14.4 Å². The predicted octanol–water partition coefficient (Wildman–Crippen LogP) is 3.17. The summed E-state index contributed by atoms with van der Waals surface area (Å²) in [7, 11) is 0. The minimum atomic E-state index is -0.421. The highest BCUT2D eigenvalue weighted by atomic mass is 19.1. The first-order valence-corrected chi connectivity index (χ1v) is 6.54. The Kier molecular flexibility index (Phi) is 2.90. The minimum absolute atomic E-state index is 0.0296. The van der Waals surface area contributed by atoms with Gasteiger partial charge in [0.05, 0.1) is 0 Å². The number of pyridine rings is 1. The molecule has 0 atom stereocenters. The first kappa shape index (κ1) is 12.6. The van der Waals surface area contributed by atoms with Crippen molar-refractivity contribution in [3.63, 3.8) is 0 Å². The Morgan fingerprint density at radius 3 is 2.65 bits per heavy atom. The average Bonchev–Trinajstić information content (AvgIpc) is 3.26. The molecule has 0 aliphatic heterocycles. The van der Waals surface area contributed by atoms with Crippen LogP contribution < -0.4 is 5.56 Å². The maximum atomic E-state index is 14.0. The summed E-state index contributed by atoms with van der Waals surface area (Å²) < 4.78 is 15.6. The van der Waals surface area contributed by atoms with Crippen molar-refractivity contribution in [3.05, 3.63) is 57.8 Å². The Morgan fingerprint density at radius 1 is 1.35 bits per heavy atom. The van der Waals surface area contributed by atoms with Gasteiger partial charge in [-0.15, -0.1) is 0 Å². The molecule has 2 aromatic rings. The number of nitriles is 1. The number of halogens is 1. The zero-order chi connectivity index (χ0) is 14.3. The number of rotatable bonds is 2. The van der Waals surface area contributed by atoms with Crippen molar-refractivity contribution in [2.24, 2.45) is 0 Å². The number of benzene rings is 1. The quantitative estimate of drug-likeness (QED) is 0.839. The SMILES string of the molecule is Cc1cn(C2CC2)c(=O)c(C#N)c1-c1ccccc1F. The van der Waals surface area contributed by atoms with Gasteiger partial charge in [-0.2, -0.15) is 5.26 Å². The molecule has 1 aliphatic carbocycles. The van der Waals surface area contributed by atoms with Crippen molar-refractivity contribution in [2.45, 2.75) is 25.8 Å². The predicted molar refractivity (Wildman–Crippen MR) is 73.8 cm³/mol. The second-order valence-corrected chi connectivity index (χ2v) is 5.10. The van der Waals surface area contributed by atoms with Gasteiger partial charge in [0.1, 0.15) is 17.4 Å². The van der Waals surface area contributed by atoms with Gasteiger partial charge < -0.3 is 4.57 Å². The lowest BCUT2D eigenvalue weighted by Crippen LogP contribution is -2.23. The maximum Gasteiger partial charge on any atom is 0.269 e. The minimum Gasteiger partial charge on any atom is -0.311 e. The monoisotopic (exact) mass is 268 g/mol. The van der Waals surface area contributed by atoms with Crippen LogP contribution in [0.25, 0.3) is 11.1 Å². The molecule has 1 aromatic carbocycles. The van der Waals surface area contributed by atoms with Gasteiger partial charge in [0.2, 0.25) is 0 Å². The molecule has 0 N–H and O–H groups in total. The van der Waals surface area contributed by atoms with Crippen LogP contribution in [0.2, 0.25) is 0 Å². The van der Waals surface area contributed by atoms with Gasteiger partial charge in [0.15, 0.2) is 0 Å². The van der Waals surface area contributed by atoms with Crippen LogP contribution in [-0.4, -0.2) is 4.57 Å². The Labute approximate surface area is 115 Å². The van der Waals surface area contributed by atoms with E-state index in [0.717, 1.165) is 18.4 Å². The van der Waals surface area contributed by atoms with Crippen LogP contribution in [0.15, 0.2) is 35.3 Å². The summed E-state index contributed by atoms with van der Waals surface area (Å²) in [6, 6.07) is 8.37. The molecule has 0 saturated heterocycles. The molecular formula is C16H13FN2O. The molecule has 100 valence electrons. The van der Waals surface area contributed by atoms with Crippen LogP contribution in [0.3, 0.4) is 0 Å². The molecule has 1 saturated carbocycles. The lowest BCUT2D eigenvalue weighted by molar-refractivity contribution is 0.630. The Bertz CT molecular complexity index is 782. The molecule has 20 heavy (non-hydrogen) atoms. The maximum absolute atomic E-state index is 14.0. The van der Waals surface area contributed by atoms with Gasteiger partial charge in [0.25, 0.3) is 5.56 Å². The summed E-state index contributed by atoms with van der Waals surface area (Å²) in [6.45, 7) is 1.81. The van der Waals surface area contributed by atoms with Crippen LogP contribution in [-0.2, 0) is 0 Å². The molecule has 0 radical (unpaired) electrons. The summed E-state index contributed by atoms with van der Waals surface area (Å²) in [5.74, 6) is -0.421. The second kappa shape index (κ2) is 4.61. The first-order valence-electron chi connectivity index (χ1n) is 6.54. The standard InChI is InChI=1S/C16H13FN2O/c1-10-9-19(11-6-7-11)16(20)13(8-18)15(10)12-4-2-3-5-14(12)17/h2-5,9,11H,6-7H2,1H3. The number of hydrogen-bond acceptors (Lipinski definition) is 2. The summed E-state index contributed by atoms with van der Waals surface area (Å²) in [5, 5.41) is 9.32.